The second kappa shape index (κ2) is 3.79. The molecule has 0 radical (unpaired) electrons. The van der Waals surface area contributed by atoms with Gasteiger partial charge in [0.2, 0.25) is 0 Å². The maximum atomic E-state index is 3.92. The molecular weight excluding hydrogens is 270 g/mol. The van der Waals surface area contributed by atoms with Gasteiger partial charge in [-0.1, -0.05) is 6.20 Å². The predicted molar refractivity (Wildman–Crippen MR) is 27.8 cm³/mol. The van der Waals surface area contributed by atoms with E-state index in [-0.39, 0.29) is 21.1 Å². The Hall–Kier alpha value is -0.162. The molecule has 0 amide bonds. The van der Waals surface area contributed by atoms with E-state index in [0.29, 0.717) is 0 Å². The third-order valence-electron chi connectivity index (χ3n) is 0.763. The van der Waals surface area contributed by atoms with Crippen LogP contribution in [0.25, 0.3) is 0 Å². The van der Waals surface area contributed by atoms with Crippen LogP contribution in [-0.2, 0) is 21.1 Å². The van der Waals surface area contributed by atoms with Gasteiger partial charge in [0.15, 0.2) is 0 Å². The zero-order valence-corrected chi connectivity index (χ0v) is 7.52. The van der Waals surface area contributed by atoms with Crippen LogP contribution >= 0.6 is 0 Å². The van der Waals surface area contributed by atoms with Crippen molar-refractivity contribution in [2.24, 2.45) is 0 Å². The Bertz CT molecular complexity index is 138. The molecule has 1 aromatic rings. The van der Waals surface area contributed by atoms with Crippen molar-refractivity contribution in [1.82, 2.24) is 4.98 Å². The Balaban J connectivity index is 0.000000490. The van der Waals surface area contributed by atoms with Gasteiger partial charge in [-0.15, -0.1) is 0 Å². The molecule has 0 saturated heterocycles. The molecule has 0 atom stereocenters. The Kier molecular flexibility index (Phi) is 3.72. The summed E-state index contributed by atoms with van der Waals surface area (Å²) in [7, 11) is 0. The van der Waals surface area contributed by atoms with Crippen molar-refractivity contribution in [3.8, 4) is 0 Å². The van der Waals surface area contributed by atoms with Gasteiger partial charge in [0.1, 0.15) is 0 Å². The number of nitrogens with zero attached hydrogens (tertiary/aromatic N) is 1. The predicted octanol–water partition coefficient (Wildman–Crippen LogP) is 1.19. The zero-order valence-electron chi connectivity index (χ0n) is 4.59. The van der Waals surface area contributed by atoms with Crippen molar-refractivity contribution < 1.29 is 21.1 Å². The van der Waals surface area contributed by atoms with Gasteiger partial charge < -0.3 is 4.98 Å². The average molecular weight is 276 g/mol. The van der Waals surface area contributed by atoms with Crippen LogP contribution in [0.4, 0.5) is 0 Å². The molecule has 0 aromatic carbocycles. The Morgan fingerprint density at radius 1 is 1.62 bits per heavy atom. The molecule has 0 unspecified atom stereocenters. The van der Waals surface area contributed by atoms with Crippen LogP contribution in [0, 0.1) is 13.0 Å². The van der Waals surface area contributed by atoms with Crippen molar-refractivity contribution in [3.05, 3.63) is 30.1 Å². The quantitative estimate of drug-likeness (QED) is 0.649. The molecule has 0 saturated carbocycles. The van der Waals surface area contributed by atoms with Gasteiger partial charge in [0.25, 0.3) is 0 Å². The van der Waals surface area contributed by atoms with Gasteiger partial charge in [-0.05, 0) is 12.6 Å². The van der Waals surface area contributed by atoms with Gasteiger partial charge >= 0.3 is 0 Å². The van der Waals surface area contributed by atoms with E-state index in [0.717, 1.165) is 5.69 Å². The van der Waals surface area contributed by atoms with Crippen LogP contribution in [0.1, 0.15) is 5.69 Å². The summed E-state index contributed by atoms with van der Waals surface area (Å²) in [4.78, 5) is 3.92. The first-order valence-corrected chi connectivity index (χ1v) is 2.18. The van der Waals surface area contributed by atoms with E-state index in [4.69, 9.17) is 0 Å². The van der Waals surface area contributed by atoms with E-state index in [1.54, 1.807) is 6.20 Å². The first kappa shape index (κ1) is 7.84. The monoisotopic (exact) mass is 276 g/mol. The van der Waals surface area contributed by atoms with Crippen molar-refractivity contribution >= 4 is 0 Å². The van der Waals surface area contributed by atoms with Gasteiger partial charge in [-0.25, -0.2) is 12.1 Å². The van der Waals surface area contributed by atoms with Crippen LogP contribution in [0.5, 0.6) is 0 Å². The summed E-state index contributed by atoms with van der Waals surface area (Å²) in [5, 5.41) is 0. The Morgan fingerprint density at radius 3 is 2.62 bits per heavy atom. The van der Waals surface area contributed by atoms with Gasteiger partial charge in [0, 0.05) is 21.1 Å². The van der Waals surface area contributed by atoms with Gasteiger partial charge in [0.05, 0.1) is 0 Å². The SMILES string of the molecule is Cc1cc[c-]cn1.[W]. The third-order valence-corrected chi connectivity index (χ3v) is 0.763. The Morgan fingerprint density at radius 2 is 2.38 bits per heavy atom. The molecular formula is C6H6NW-. The van der Waals surface area contributed by atoms with Crippen LogP contribution < -0.4 is 0 Å². The standard InChI is InChI=1S/C6H6N.W/c1-6-4-2-3-5-7-6;/h2,4-5H,1H3;/q-1;. The van der Waals surface area contributed by atoms with Gasteiger partial charge in [-0.2, -0.15) is 6.07 Å². The van der Waals surface area contributed by atoms with Crippen LogP contribution in [0.15, 0.2) is 18.3 Å². The molecule has 1 rings (SSSR count). The number of hydrogen-bond donors (Lipinski definition) is 0. The molecule has 1 aromatic heterocycles. The summed E-state index contributed by atoms with van der Waals surface area (Å²) < 4.78 is 0. The molecule has 1 nitrogen and oxygen atoms in total. The Labute approximate surface area is 63.4 Å². The summed E-state index contributed by atoms with van der Waals surface area (Å²) in [5.41, 5.74) is 1.04. The molecule has 0 N–H and O–H groups in total. The number of pyridine rings is 1. The minimum absolute atomic E-state index is 0. The van der Waals surface area contributed by atoms with Crippen molar-refractivity contribution in [3.63, 3.8) is 0 Å². The third kappa shape index (κ3) is 2.22. The molecule has 0 bridgehead atoms. The average Bonchev–Trinajstić information content (AvgIpc) is 1.69. The fraction of sp³-hybridized carbons (Fsp3) is 0.167. The molecule has 0 fully saturated rings. The molecule has 2 heteroatoms. The van der Waals surface area contributed by atoms with Crippen LogP contribution in [0.2, 0.25) is 0 Å². The molecule has 0 spiro atoms. The smallest absolute Gasteiger partial charge is 0 e. The first-order chi connectivity index (χ1) is 3.39. The van der Waals surface area contributed by atoms with E-state index in [9.17, 15) is 0 Å². The molecule has 0 aliphatic carbocycles. The zero-order chi connectivity index (χ0) is 5.11. The fourth-order valence-electron chi connectivity index (χ4n) is 0.394. The summed E-state index contributed by atoms with van der Waals surface area (Å²) in [6.07, 6.45) is 1.66. The summed E-state index contributed by atoms with van der Waals surface area (Å²) in [6.45, 7) is 1.95. The van der Waals surface area contributed by atoms with Crippen molar-refractivity contribution in [1.29, 1.82) is 0 Å². The normalized spacial score (nSPS) is 7.62. The second-order valence-corrected chi connectivity index (χ2v) is 1.40. The number of hydrogen-bond acceptors (Lipinski definition) is 1. The summed E-state index contributed by atoms with van der Waals surface area (Å²) in [6, 6.07) is 6.59. The maximum Gasteiger partial charge on any atom is 0 e. The molecule has 0 aliphatic rings. The minimum atomic E-state index is 0. The molecule has 0 aliphatic heterocycles. The largest absolute Gasteiger partial charge is 0.301 e. The van der Waals surface area contributed by atoms with Crippen molar-refractivity contribution in [2.75, 3.05) is 0 Å². The number of aryl methyl sites for hydroxylation is 1. The summed E-state index contributed by atoms with van der Waals surface area (Å²) >= 11 is 0. The van der Waals surface area contributed by atoms with E-state index in [1.807, 2.05) is 19.1 Å². The van der Waals surface area contributed by atoms with Crippen LogP contribution in [-0.4, -0.2) is 4.98 Å². The van der Waals surface area contributed by atoms with Crippen molar-refractivity contribution in [2.45, 2.75) is 6.92 Å². The minimum Gasteiger partial charge on any atom is -0.301 e. The van der Waals surface area contributed by atoms with E-state index < -0.39 is 0 Å². The number of rotatable bonds is 0. The maximum absolute atomic E-state index is 3.92. The van der Waals surface area contributed by atoms with Crippen LogP contribution in [0.3, 0.4) is 0 Å². The summed E-state index contributed by atoms with van der Waals surface area (Å²) in [5.74, 6) is 0. The van der Waals surface area contributed by atoms with E-state index >= 15 is 0 Å². The van der Waals surface area contributed by atoms with E-state index in [1.165, 1.54) is 0 Å². The molecule has 42 valence electrons. The topological polar surface area (TPSA) is 12.9 Å². The van der Waals surface area contributed by atoms with E-state index in [2.05, 4.69) is 11.1 Å². The second-order valence-electron chi connectivity index (χ2n) is 1.40. The molecule has 8 heavy (non-hydrogen) atoms. The first-order valence-electron chi connectivity index (χ1n) is 2.18. The molecule has 1 heterocycles. The number of aromatic nitrogens is 1. The van der Waals surface area contributed by atoms with Gasteiger partial charge in [-0.3, -0.25) is 0 Å². The fourth-order valence-corrected chi connectivity index (χ4v) is 0.394.